The SMILES string of the molecule is Cc1csc(/C(C#N)=C/NNc2ccc(Cl)cc2)n1. The number of nitrogens with zero attached hydrogens (tertiary/aromatic N) is 2. The molecule has 0 spiro atoms. The summed E-state index contributed by atoms with van der Waals surface area (Å²) >= 11 is 7.23. The lowest BCUT2D eigenvalue weighted by atomic mass is 10.3. The average Bonchev–Trinajstić information content (AvgIpc) is 2.83. The number of hydrogen-bond acceptors (Lipinski definition) is 5. The number of nitriles is 1. The number of thiazole rings is 1. The quantitative estimate of drug-likeness (QED) is 0.667. The molecule has 0 fully saturated rings. The van der Waals surface area contributed by atoms with E-state index in [0.717, 1.165) is 11.4 Å². The summed E-state index contributed by atoms with van der Waals surface area (Å²) in [6, 6.07) is 9.35. The van der Waals surface area contributed by atoms with Crippen LogP contribution in [0.15, 0.2) is 35.8 Å². The molecule has 0 saturated heterocycles. The Hall–Kier alpha value is -2.03. The molecule has 0 radical (unpaired) electrons. The lowest BCUT2D eigenvalue weighted by Crippen LogP contribution is -2.14. The molecule has 6 heteroatoms. The zero-order valence-corrected chi connectivity index (χ0v) is 11.7. The van der Waals surface area contributed by atoms with Crippen LogP contribution in [-0.2, 0) is 0 Å². The lowest BCUT2D eigenvalue weighted by molar-refractivity contribution is 1.06. The van der Waals surface area contributed by atoms with Crippen LogP contribution in [0.1, 0.15) is 10.7 Å². The maximum atomic E-state index is 9.09. The van der Waals surface area contributed by atoms with Gasteiger partial charge in [0.25, 0.3) is 0 Å². The summed E-state index contributed by atoms with van der Waals surface area (Å²) in [6.45, 7) is 1.90. The number of halogens is 1. The molecule has 4 nitrogen and oxygen atoms in total. The van der Waals surface area contributed by atoms with Crippen LogP contribution in [0.3, 0.4) is 0 Å². The van der Waals surface area contributed by atoms with E-state index in [2.05, 4.69) is 21.9 Å². The predicted octanol–water partition coefficient (Wildman–Crippen LogP) is 3.59. The number of rotatable bonds is 4. The summed E-state index contributed by atoms with van der Waals surface area (Å²) in [6.07, 6.45) is 1.59. The van der Waals surface area contributed by atoms with Crippen molar-refractivity contribution in [2.45, 2.75) is 6.92 Å². The Morgan fingerprint density at radius 1 is 1.42 bits per heavy atom. The Labute approximate surface area is 120 Å². The van der Waals surface area contributed by atoms with Gasteiger partial charge in [-0.05, 0) is 31.2 Å². The maximum absolute atomic E-state index is 9.09. The summed E-state index contributed by atoms with van der Waals surface area (Å²) in [5.41, 5.74) is 8.07. The highest BCUT2D eigenvalue weighted by Crippen LogP contribution is 2.18. The van der Waals surface area contributed by atoms with Gasteiger partial charge < -0.3 is 10.9 Å². The van der Waals surface area contributed by atoms with Gasteiger partial charge in [-0.2, -0.15) is 5.26 Å². The summed E-state index contributed by atoms with van der Waals surface area (Å²) < 4.78 is 0. The highest BCUT2D eigenvalue weighted by atomic mass is 35.5. The van der Waals surface area contributed by atoms with Gasteiger partial charge in [0.1, 0.15) is 16.6 Å². The van der Waals surface area contributed by atoms with Crippen molar-refractivity contribution in [2.75, 3.05) is 5.43 Å². The van der Waals surface area contributed by atoms with E-state index in [-0.39, 0.29) is 0 Å². The average molecular weight is 291 g/mol. The number of aryl methyl sites for hydroxylation is 1. The zero-order valence-electron chi connectivity index (χ0n) is 10.1. The fourth-order valence-electron chi connectivity index (χ4n) is 1.34. The number of aromatic nitrogens is 1. The Morgan fingerprint density at radius 3 is 2.74 bits per heavy atom. The number of allylic oxidation sites excluding steroid dienone is 1. The number of benzene rings is 1. The molecule has 0 saturated carbocycles. The summed E-state index contributed by atoms with van der Waals surface area (Å²) in [4.78, 5) is 4.26. The van der Waals surface area contributed by atoms with Crippen LogP contribution in [0.4, 0.5) is 5.69 Å². The molecule has 2 aromatic rings. The molecule has 2 rings (SSSR count). The monoisotopic (exact) mass is 290 g/mol. The first-order chi connectivity index (χ1) is 9.19. The van der Waals surface area contributed by atoms with Gasteiger partial charge in [-0.1, -0.05) is 11.6 Å². The van der Waals surface area contributed by atoms with E-state index in [4.69, 9.17) is 16.9 Å². The van der Waals surface area contributed by atoms with Crippen LogP contribution in [-0.4, -0.2) is 4.98 Å². The van der Waals surface area contributed by atoms with Gasteiger partial charge in [0, 0.05) is 22.3 Å². The van der Waals surface area contributed by atoms with Crippen molar-refractivity contribution in [3.05, 3.63) is 51.6 Å². The summed E-state index contributed by atoms with van der Waals surface area (Å²) in [5.74, 6) is 0. The van der Waals surface area contributed by atoms with Gasteiger partial charge in [-0.25, -0.2) is 4.98 Å². The van der Waals surface area contributed by atoms with Crippen LogP contribution in [0.2, 0.25) is 5.02 Å². The Balaban J connectivity index is 2.01. The minimum Gasteiger partial charge on any atom is -0.307 e. The fraction of sp³-hybridized carbons (Fsp3) is 0.0769. The minimum atomic E-state index is 0.486. The van der Waals surface area contributed by atoms with E-state index < -0.39 is 0 Å². The van der Waals surface area contributed by atoms with Gasteiger partial charge in [0.05, 0.1) is 5.69 Å². The molecule has 0 aliphatic rings. The molecule has 0 aliphatic heterocycles. The molecule has 19 heavy (non-hydrogen) atoms. The van der Waals surface area contributed by atoms with E-state index in [9.17, 15) is 0 Å². The molecular formula is C13H11ClN4S. The van der Waals surface area contributed by atoms with Crippen molar-refractivity contribution in [3.63, 3.8) is 0 Å². The molecule has 0 bridgehead atoms. The normalized spacial score (nSPS) is 10.9. The first kappa shape index (κ1) is 13.4. The highest BCUT2D eigenvalue weighted by Gasteiger charge is 2.04. The van der Waals surface area contributed by atoms with Crippen molar-refractivity contribution >= 4 is 34.2 Å². The van der Waals surface area contributed by atoms with E-state index in [1.807, 2.05) is 24.4 Å². The van der Waals surface area contributed by atoms with Crippen molar-refractivity contribution < 1.29 is 0 Å². The minimum absolute atomic E-state index is 0.486. The maximum Gasteiger partial charge on any atom is 0.135 e. The smallest absolute Gasteiger partial charge is 0.135 e. The van der Waals surface area contributed by atoms with Crippen molar-refractivity contribution in [2.24, 2.45) is 0 Å². The van der Waals surface area contributed by atoms with E-state index in [0.29, 0.717) is 15.6 Å². The summed E-state index contributed by atoms with van der Waals surface area (Å²) in [7, 11) is 0. The Bertz CT molecular complexity index is 625. The van der Waals surface area contributed by atoms with Crippen molar-refractivity contribution in [3.8, 4) is 6.07 Å². The Kier molecular flexibility index (Phi) is 4.39. The first-order valence-electron chi connectivity index (χ1n) is 5.49. The van der Waals surface area contributed by atoms with Crippen molar-refractivity contribution in [1.82, 2.24) is 10.4 Å². The van der Waals surface area contributed by atoms with Gasteiger partial charge in [0.2, 0.25) is 0 Å². The Morgan fingerprint density at radius 2 is 2.16 bits per heavy atom. The van der Waals surface area contributed by atoms with Crippen LogP contribution >= 0.6 is 22.9 Å². The van der Waals surface area contributed by atoms with Crippen LogP contribution in [0.25, 0.3) is 5.57 Å². The molecule has 96 valence electrons. The largest absolute Gasteiger partial charge is 0.307 e. The van der Waals surface area contributed by atoms with Gasteiger partial charge >= 0.3 is 0 Å². The number of anilines is 1. The topological polar surface area (TPSA) is 60.7 Å². The van der Waals surface area contributed by atoms with E-state index in [1.165, 1.54) is 11.3 Å². The molecular weight excluding hydrogens is 280 g/mol. The highest BCUT2D eigenvalue weighted by molar-refractivity contribution is 7.10. The molecule has 2 N–H and O–H groups in total. The third kappa shape index (κ3) is 3.71. The molecule has 1 aromatic heterocycles. The van der Waals surface area contributed by atoms with Gasteiger partial charge in [0.15, 0.2) is 0 Å². The third-order valence-electron chi connectivity index (χ3n) is 2.25. The fourth-order valence-corrected chi connectivity index (χ4v) is 2.23. The second-order valence-electron chi connectivity index (χ2n) is 3.74. The molecule has 0 amide bonds. The van der Waals surface area contributed by atoms with Crippen molar-refractivity contribution in [1.29, 1.82) is 5.26 Å². The second-order valence-corrected chi connectivity index (χ2v) is 5.03. The third-order valence-corrected chi connectivity index (χ3v) is 3.49. The van der Waals surface area contributed by atoms with E-state index in [1.54, 1.807) is 18.3 Å². The van der Waals surface area contributed by atoms with Crippen LogP contribution in [0.5, 0.6) is 0 Å². The van der Waals surface area contributed by atoms with Gasteiger partial charge in [-0.15, -0.1) is 11.3 Å². The first-order valence-corrected chi connectivity index (χ1v) is 6.74. The number of nitrogens with one attached hydrogen (secondary N) is 2. The van der Waals surface area contributed by atoms with E-state index >= 15 is 0 Å². The van der Waals surface area contributed by atoms with Gasteiger partial charge in [-0.3, -0.25) is 0 Å². The van der Waals surface area contributed by atoms with Crippen LogP contribution < -0.4 is 10.9 Å². The number of hydrogen-bond donors (Lipinski definition) is 2. The molecule has 0 atom stereocenters. The second kappa shape index (κ2) is 6.23. The predicted molar refractivity (Wildman–Crippen MR) is 78.7 cm³/mol. The zero-order chi connectivity index (χ0) is 13.7. The standard InChI is InChI=1S/C13H11ClN4S/c1-9-8-19-13(17-9)10(6-15)7-16-18-12-4-2-11(14)3-5-12/h2-5,7-8,16,18H,1H3/b10-7+. The lowest BCUT2D eigenvalue weighted by Gasteiger charge is -2.05. The molecule has 1 heterocycles. The number of hydrazine groups is 1. The van der Waals surface area contributed by atoms with Crippen LogP contribution in [0, 0.1) is 18.3 Å². The molecule has 0 aliphatic carbocycles. The molecule has 1 aromatic carbocycles. The molecule has 0 unspecified atom stereocenters. The summed E-state index contributed by atoms with van der Waals surface area (Å²) in [5, 5.41) is 12.4.